The summed E-state index contributed by atoms with van der Waals surface area (Å²) in [6.07, 6.45) is 0.843. The Labute approximate surface area is 65.9 Å². The molecule has 2 nitrogen and oxygen atoms in total. The van der Waals surface area contributed by atoms with Crippen LogP contribution in [-0.4, -0.2) is 35.1 Å². The van der Waals surface area contributed by atoms with E-state index in [1.165, 1.54) is 0 Å². The number of halogens is 1. The molecule has 10 heavy (non-hydrogen) atoms. The maximum atomic E-state index is 11.4. The van der Waals surface area contributed by atoms with E-state index in [4.69, 9.17) is 11.6 Å². The van der Waals surface area contributed by atoms with Crippen molar-refractivity contribution in [1.29, 1.82) is 0 Å². The molecule has 0 radical (unpaired) electrons. The van der Waals surface area contributed by atoms with E-state index in [0.29, 0.717) is 12.3 Å². The largest absolute Gasteiger partial charge is 0.388 e. The fraction of sp³-hybridized carbons (Fsp3) is 1.00. The van der Waals surface area contributed by atoms with Crippen LogP contribution in [0.3, 0.4) is 0 Å². The number of alkyl halides is 1. The van der Waals surface area contributed by atoms with Gasteiger partial charge in [0.1, 0.15) is 0 Å². The molecule has 1 N–H and O–H groups in total. The molecular formula is C6H12ClO2P. The molecule has 4 heteroatoms. The van der Waals surface area contributed by atoms with Gasteiger partial charge in [-0.1, -0.05) is 0 Å². The third-order valence-corrected chi connectivity index (χ3v) is 5.16. The smallest absolute Gasteiger partial charge is 0.0892 e. The molecule has 0 bridgehead atoms. The van der Waals surface area contributed by atoms with Crippen LogP contribution in [0, 0.1) is 0 Å². The first-order chi connectivity index (χ1) is 4.33. The van der Waals surface area contributed by atoms with Crippen LogP contribution in [0.1, 0.15) is 6.92 Å². The zero-order valence-electron chi connectivity index (χ0n) is 6.17. The molecule has 1 aliphatic rings. The lowest BCUT2D eigenvalue weighted by molar-refractivity contribution is 0.0918. The van der Waals surface area contributed by atoms with Gasteiger partial charge in [-0.2, -0.15) is 0 Å². The van der Waals surface area contributed by atoms with Crippen LogP contribution in [0.4, 0.5) is 0 Å². The standard InChI is InChI=1S/C6H12ClO2P/c1-6(8)4-10(2,9)3-5(6)7/h5,8H,3-4H2,1-2H3. The van der Waals surface area contributed by atoms with Crippen molar-refractivity contribution in [2.45, 2.75) is 17.9 Å². The lowest BCUT2D eigenvalue weighted by atomic mass is 10.1. The Kier molecular flexibility index (Phi) is 1.91. The number of hydrogen-bond donors (Lipinski definition) is 1. The van der Waals surface area contributed by atoms with Crippen molar-refractivity contribution < 1.29 is 9.67 Å². The Morgan fingerprint density at radius 1 is 1.80 bits per heavy atom. The second-order valence-corrected chi connectivity index (χ2v) is 7.26. The molecule has 0 aromatic rings. The minimum Gasteiger partial charge on any atom is -0.388 e. The van der Waals surface area contributed by atoms with Gasteiger partial charge in [-0.25, -0.2) is 0 Å². The third kappa shape index (κ3) is 1.55. The van der Waals surface area contributed by atoms with Crippen LogP contribution >= 0.6 is 18.7 Å². The Balaban J connectivity index is 2.81. The van der Waals surface area contributed by atoms with Crippen molar-refractivity contribution in [2.24, 2.45) is 0 Å². The van der Waals surface area contributed by atoms with Gasteiger partial charge in [0, 0.05) is 12.3 Å². The predicted octanol–water partition coefficient (Wildman–Crippen LogP) is 1.35. The molecule has 1 rings (SSSR count). The fourth-order valence-electron chi connectivity index (χ4n) is 1.38. The summed E-state index contributed by atoms with van der Waals surface area (Å²) in [5.74, 6) is 0. The van der Waals surface area contributed by atoms with Gasteiger partial charge in [-0.15, -0.1) is 11.6 Å². The highest BCUT2D eigenvalue weighted by Gasteiger charge is 2.45. The summed E-state index contributed by atoms with van der Waals surface area (Å²) in [5.41, 5.74) is -0.911. The zero-order chi connectivity index (χ0) is 7.99. The summed E-state index contributed by atoms with van der Waals surface area (Å²) in [5, 5.41) is 9.16. The van der Waals surface area contributed by atoms with Gasteiger partial charge in [0.25, 0.3) is 0 Å². The molecule has 0 saturated carbocycles. The first kappa shape index (κ1) is 8.58. The van der Waals surface area contributed by atoms with Crippen molar-refractivity contribution in [3.05, 3.63) is 0 Å². The number of rotatable bonds is 0. The molecular weight excluding hydrogens is 170 g/mol. The van der Waals surface area contributed by atoms with E-state index in [0.717, 1.165) is 0 Å². The molecule has 3 atom stereocenters. The van der Waals surface area contributed by atoms with Gasteiger partial charge in [0.05, 0.1) is 18.1 Å². The van der Waals surface area contributed by atoms with Crippen LogP contribution in [0.2, 0.25) is 0 Å². The van der Waals surface area contributed by atoms with Gasteiger partial charge in [-0.05, 0) is 13.6 Å². The summed E-state index contributed by atoms with van der Waals surface area (Å²) in [6, 6.07) is 0. The minimum atomic E-state index is -2.10. The average Bonchev–Trinajstić information content (AvgIpc) is 1.73. The molecule has 0 spiro atoms. The summed E-state index contributed by atoms with van der Waals surface area (Å²) in [4.78, 5) is 0. The lowest BCUT2D eigenvalue weighted by Crippen LogP contribution is -2.33. The third-order valence-electron chi connectivity index (χ3n) is 1.88. The lowest BCUT2D eigenvalue weighted by Gasteiger charge is -2.18. The zero-order valence-corrected chi connectivity index (χ0v) is 7.82. The Morgan fingerprint density at radius 2 is 2.30 bits per heavy atom. The van der Waals surface area contributed by atoms with Crippen LogP contribution < -0.4 is 0 Å². The summed E-state index contributed by atoms with van der Waals surface area (Å²) >= 11 is 5.77. The van der Waals surface area contributed by atoms with Crippen molar-refractivity contribution in [3.63, 3.8) is 0 Å². The molecule has 3 unspecified atom stereocenters. The van der Waals surface area contributed by atoms with E-state index in [2.05, 4.69) is 0 Å². The van der Waals surface area contributed by atoms with Crippen LogP contribution in [0.25, 0.3) is 0 Å². The van der Waals surface area contributed by atoms with Gasteiger partial charge in [-0.3, -0.25) is 0 Å². The minimum absolute atomic E-state index is 0.330. The van der Waals surface area contributed by atoms with Crippen molar-refractivity contribution in [1.82, 2.24) is 0 Å². The van der Waals surface area contributed by atoms with E-state index >= 15 is 0 Å². The number of hydrogen-bond acceptors (Lipinski definition) is 2. The van der Waals surface area contributed by atoms with Crippen LogP contribution in [0.5, 0.6) is 0 Å². The molecule has 1 heterocycles. The molecule has 0 aromatic carbocycles. The molecule has 1 fully saturated rings. The van der Waals surface area contributed by atoms with E-state index in [9.17, 15) is 9.67 Å². The Bertz CT molecular complexity index is 190. The molecule has 1 saturated heterocycles. The van der Waals surface area contributed by atoms with E-state index in [1.807, 2.05) is 0 Å². The first-order valence-corrected chi connectivity index (χ1v) is 6.22. The van der Waals surface area contributed by atoms with E-state index in [1.54, 1.807) is 13.6 Å². The summed E-state index contributed by atoms with van der Waals surface area (Å²) < 4.78 is 11.4. The SMILES string of the molecule is CC1(O)CP(C)(=O)CC1Cl. The normalized spacial score (nSPS) is 55.4. The van der Waals surface area contributed by atoms with Crippen molar-refractivity contribution in [2.75, 3.05) is 19.0 Å². The van der Waals surface area contributed by atoms with Crippen LogP contribution in [0.15, 0.2) is 0 Å². The summed E-state index contributed by atoms with van der Waals surface area (Å²) in [6.45, 7) is 3.34. The quantitative estimate of drug-likeness (QED) is 0.454. The van der Waals surface area contributed by atoms with E-state index in [-0.39, 0.29) is 5.38 Å². The molecule has 0 aromatic heterocycles. The van der Waals surface area contributed by atoms with Gasteiger partial charge in [0.2, 0.25) is 0 Å². The predicted molar refractivity (Wildman–Crippen MR) is 43.5 cm³/mol. The summed E-state index contributed by atoms with van der Waals surface area (Å²) in [7, 11) is -2.10. The highest BCUT2D eigenvalue weighted by molar-refractivity contribution is 7.63. The molecule has 0 aliphatic carbocycles. The fourth-order valence-corrected chi connectivity index (χ4v) is 5.21. The maximum absolute atomic E-state index is 11.4. The van der Waals surface area contributed by atoms with E-state index < -0.39 is 12.7 Å². The van der Waals surface area contributed by atoms with Crippen LogP contribution in [-0.2, 0) is 4.57 Å². The van der Waals surface area contributed by atoms with Gasteiger partial charge < -0.3 is 9.67 Å². The monoisotopic (exact) mass is 182 g/mol. The second kappa shape index (κ2) is 2.23. The highest BCUT2D eigenvalue weighted by Crippen LogP contribution is 2.53. The van der Waals surface area contributed by atoms with Gasteiger partial charge >= 0.3 is 0 Å². The number of aliphatic hydroxyl groups is 1. The Morgan fingerprint density at radius 3 is 2.40 bits per heavy atom. The molecule has 60 valence electrons. The first-order valence-electron chi connectivity index (χ1n) is 3.25. The van der Waals surface area contributed by atoms with Crippen molar-refractivity contribution in [3.8, 4) is 0 Å². The molecule has 1 aliphatic heterocycles. The van der Waals surface area contributed by atoms with Crippen molar-refractivity contribution >= 4 is 18.7 Å². The second-order valence-electron chi connectivity index (χ2n) is 3.46. The Hall–Kier alpha value is 0.480. The highest BCUT2D eigenvalue weighted by atomic mass is 35.5. The maximum Gasteiger partial charge on any atom is 0.0892 e. The average molecular weight is 183 g/mol. The topological polar surface area (TPSA) is 37.3 Å². The van der Waals surface area contributed by atoms with Gasteiger partial charge in [0.15, 0.2) is 0 Å². The molecule has 0 amide bonds.